The number of nitrogens with zero attached hydrogens (tertiary/aromatic N) is 2. The lowest BCUT2D eigenvalue weighted by atomic mass is 9.71. The molecule has 1 aliphatic heterocycles. The third kappa shape index (κ3) is 3.93. The van der Waals surface area contributed by atoms with Crippen LogP contribution < -0.4 is 0 Å². The number of hydrogen-bond donors (Lipinski definition) is 1. The summed E-state index contributed by atoms with van der Waals surface area (Å²) in [5.74, 6) is 0.853. The molecule has 0 spiro atoms. The van der Waals surface area contributed by atoms with E-state index in [9.17, 15) is 5.11 Å². The first-order valence-corrected chi connectivity index (χ1v) is 8.04. The van der Waals surface area contributed by atoms with E-state index in [1.165, 1.54) is 45.1 Å². The van der Waals surface area contributed by atoms with Crippen molar-refractivity contribution in [3.63, 3.8) is 0 Å². The lowest BCUT2D eigenvalue weighted by Crippen LogP contribution is -2.45. The Morgan fingerprint density at radius 3 is 2.47 bits per heavy atom. The van der Waals surface area contributed by atoms with Crippen LogP contribution in [0.5, 0.6) is 0 Å². The smallest absolute Gasteiger partial charge is 0.0499 e. The molecule has 1 aliphatic carbocycles. The molecule has 1 saturated heterocycles. The Morgan fingerprint density at radius 1 is 1.26 bits per heavy atom. The lowest BCUT2D eigenvalue weighted by Gasteiger charge is -2.41. The van der Waals surface area contributed by atoms with Crippen LogP contribution in [0.3, 0.4) is 0 Å². The van der Waals surface area contributed by atoms with Crippen LogP contribution in [-0.2, 0) is 0 Å². The lowest BCUT2D eigenvalue weighted by molar-refractivity contribution is 0.0315. The highest BCUT2D eigenvalue weighted by Crippen LogP contribution is 2.39. The van der Waals surface area contributed by atoms with Crippen molar-refractivity contribution in [1.82, 2.24) is 9.80 Å². The molecule has 0 aromatic rings. The molecule has 112 valence electrons. The first-order valence-electron chi connectivity index (χ1n) is 8.04. The van der Waals surface area contributed by atoms with E-state index in [2.05, 4.69) is 30.8 Å². The van der Waals surface area contributed by atoms with Gasteiger partial charge in [-0.05, 0) is 52.2 Å². The van der Waals surface area contributed by atoms with E-state index >= 15 is 0 Å². The molecule has 19 heavy (non-hydrogen) atoms. The molecule has 0 radical (unpaired) electrons. The Balaban J connectivity index is 1.83. The first kappa shape index (κ1) is 15.3. The van der Waals surface area contributed by atoms with Crippen molar-refractivity contribution in [2.75, 3.05) is 40.3 Å². The maximum atomic E-state index is 9.85. The molecular weight excluding hydrogens is 236 g/mol. The van der Waals surface area contributed by atoms with E-state index in [-0.39, 0.29) is 5.41 Å². The van der Waals surface area contributed by atoms with Crippen LogP contribution in [-0.4, -0.2) is 61.3 Å². The van der Waals surface area contributed by atoms with Gasteiger partial charge < -0.3 is 14.9 Å². The predicted octanol–water partition coefficient (Wildman–Crippen LogP) is 2.20. The fourth-order valence-electron chi connectivity index (χ4n) is 3.95. The monoisotopic (exact) mass is 268 g/mol. The van der Waals surface area contributed by atoms with Crippen LogP contribution in [0.15, 0.2) is 0 Å². The van der Waals surface area contributed by atoms with Gasteiger partial charge in [-0.15, -0.1) is 0 Å². The number of aliphatic hydroxyl groups excluding tert-OH is 1. The van der Waals surface area contributed by atoms with Gasteiger partial charge >= 0.3 is 0 Å². The highest BCUT2D eigenvalue weighted by molar-refractivity contribution is 4.88. The zero-order valence-corrected chi connectivity index (χ0v) is 13.1. The summed E-state index contributed by atoms with van der Waals surface area (Å²) in [6.45, 7) is 6.19. The van der Waals surface area contributed by atoms with Crippen molar-refractivity contribution in [2.45, 2.75) is 51.5 Å². The highest BCUT2D eigenvalue weighted by Gasteiger charge is 2.35. The van der Waals surface area contributed by atoms with Crippen LogP contribution in [0, 0.1) is 11.3 Å². The summed E-state index contributed by atoms with van der Waals surface area (Å²) in [5.41, 5.74) is 0.179. The summed E-state index contributed by atoms with van der Waals surface area (Å²) >= 11 is 0. The standard InChI is InChI=1S/C16H32N2O/c1-14-6-8-16(13-19,9-7-14)12-17(2)11-15-5-4-10-18(15)3/h14-15,19H,4-13H2,1-3H3. The molecule has 2 aliphatic rings. The third-order valence-electron chi connectivity index (χ3n) is 5.47. The summed E-state index contributed by atoms with van der Waals surface area (Å²) in [5, 5.41) is 9.85. The molecule has 1 N–H and O–H groups in total. The molecule has 2 rings (SSSR count). The van der Waals surface area contributed by atoms with Gasteiger partial charge in [-0.1, -0.05) is 19.8 Å². The van der Waals surface area contributed by atoms with Crippen molar-refractivity contribution >= 4 is 0 Å². The van der Waals surface area contributed by atoms with Gasteiger partial charge in [-0.3, -0.25) is 0 Å². The minimum Gasteiger partial charge on any atom is -0.396 e. The molecule has 2 fully saturated rings. The van der Waals surface area contributed by atoms with Gasteiger partial charge in [0, 0.05) is 31.2 Å². The molecule has 0 bridgehead atoms. The molecule has 3 nitrogen and oxygen atoms in total. The van der Waals surface area contributed by atoms with E-state index < -0.39 is 0 Å². The Labute approximate surface area is 119 Å². The Hall–Kier alpha value is -0.120. The van der Waals surface area contributed by atoms with Crippen molar-refractivity contribution in [1.29, 1.82) is 0 Å². The number of likely N-dealkylation sites (N-methyl/N-ethyl adjacent to an activating group) is 2. The SMILES string of the molecule is CC1CCC(CO)(CN(C)CC2CCCN2C)CC1. The highest BCUT2D eigenvalue weighted by atomic mass is 16.3. The summed E-state index contributed by atoms with van der Waals surface area (Å²) in [4.78, 5) is 4.96. The van der Waals surface area contributed by atoms with Crippen LogP contribution in [0.2, 0.25) is 0 Å². The van der Waals surface area contributed by atoms with E-state index in [4.69, 9.17) is 0 Å². The average molecular weight is 268 g/mol. The summed E-state index contributed by atoms with van der Waals surface area (Å²) < 4.78 is 0. The fraction of sp³-hybridized carbons (Fsp3) is 1.00. The predicted molar refractivity (Wildman–Crippen MR) is 80.3 cm³/mol. The molecular formula is C16H32N2O. The van der Waals surface area contributed by atoms with Crippen LogP contribution in [0.4, 0.5) is 0 Å². The largest absolute Gasteiger partial charge is 0.396 e. The molecule has 0 aromatic heterocycles. The van der Waals surface area contributed by atoms with Gasteiger partial charge in [0.25, 0.3) is 0 Å². The van der Waals surface area contributed by atoms with Crippen LogP contribution in [0.1, 0.15) is 45.4 Å². The van der Waals surface area contributed by atoms with Gasteiger partial charge in [0.2, 0.25) is 0 Å². The third-order valence-corrected chi connectivity index (χ3v) is 5.47. The molecule has 0 aromatic carbocycles. The Morgan fingerprint density at radius 2 is 1.95 bits per heavy atom. The maximum absolute atomic E-state index is 9.85. The van der Waals surface area contributed by atoms with Gasteiger partial charge in [0.1, 0.15) is 0 Å². The second-order valence-corrected chi connectivity index (χ2v) is 7.31. The molecule has 1 saturated carbocycles. The number of likely N-dealkylation sites (tertiary alicyclic amines) is 1. The fourth-order valence-corrected chi connectivity index (χ4v) is 3.95. The maximum Gasteiger partial charge on any atom is 0.0499 e. The normalized spacial score (nSPS) is 37.1. The van der Waals surface area contributed by atoms with Crippen molar-refractivity contribution in [3.05, 3.63) is 0 Å². The van der Waals surface area contributed by atoms with Crippen LogP contribution >= 0.6 is 0 Å². The van der Waals surface area contributed by atoms with E-state index in [1.54, 1.807) is 0 Å². The minimum absolute atomic E-state index is 0.179. The Kier molecular flexibility index (Phi) is 5.27. The van der Waals surface area contributed by atoms with Crippen molar-refractivity contribution in [2.24, 2.45) is 11.3 Å². The second kappa shape index (κ2) is 6.55. The van der Waals surface area contributed by atoms with Gasteiger partial charge in [-0.2, -0.15) is 0 Å². The van der Waals surface area contributed by atoms with E-state index in [1.807, 2.05) is 0 Å². The molecule has 3 heteroatoms. The first-order chi connectivity index (χ1) is 9.04. The molecule has 1 unspecified atom stereocenters. The molecule has 0 amide bonds. The average Bonchev–Trinajstić information content (AvgIpc) is 2.78. The van der Waals surface area contributed by atoms with Gasteiger partial charge in [0.05, 0.1) is 0 Å². The molecule has 1 heterocycles. The summed E-state index contributed by atoms with van der Waals surface area (Å²) in [7, 11) is 4.48. The van der Waals surface area contributed by atoms with Gasteiger partial charge in [0.15, 0.2) is 0 Å². The summed E-state index contributed by atoms with van der Waals surface area (Å²) in [6, 6.07) is 0.725. The minimum atomic E-state index is 0.179. The van der Waals surface area contributed by atoms with Gasteiger partial charge in [-0.25, -0.2) is 0 Å². The second-order valence-electron chi connectivity index (χ2n) is 7.31. The Bertz CT molecular complexity index is 274. The topological polar surface area (TPSA) is 26.7 Å². The number of hydrogen-bond acceptors (Lipinski definition) is 3. The van der Waals surface area contributed by atoms with Crippen molar-refractivity contribution < 1.29 is 5.11 Å². The number of aliphatic hydroxyl groups is 1. The van der Waals surface area contributed by atoms with Crippen LogP contribution in [0.25, 0.3) is 0 Å². The number of rotatable bonds is 5. The quantitative estimate of drug-likeness (QED) is 0.828. The van der Waals surface area contributed by atoms with Crippen molar-refractivity contribution in [3.8, 4) is 0 Å². The zero-order valence-electron chi connectivity index (χ0n) is 13.1. The summed E-state index contributed by atoms with van der Waals surface area (Å²) in [6.07, 6.45) is 7.67. The van der Waals surface area contributed by atoms with E-state index in [0.717, 1.165) is 25.0 Å². The molecule has 1 atom stereocenters. The van der Waals surface area contributed by atoms with E-state index in [0.29, 0.717) is 6.61 Å². The zero-order chi connectivity index (χ0) is 13.9.